The number of aromatic hydroxyl groups is 1. The van der Waals surface area contributed by atoms with E-state index in [9.17, 15) is 28.2 Å². The Bertz CT molecular complexity index is 1470. The molecule has 0 fully saturated rings. The third kappa shape index (κ3) is 4.87. The molecular formula is C23H19N5O6S. The molecule has 1 aliphatic rings. The third-order valence-corrected chi connectivity index (χ3v) is 6.40. The number of anilines is 2. The van der Waals surface area contributed by atoms with Gasteiger partial charge >= 0.3 is 5.97 Å². The van der Waals surface area contributed by atoms with Gasteiger partial charge in [-0.2, -0.15) is 20.3 Å². The topological polar surface area (TPSA) is 161 Å². The average molecular weight is 494 g/mol. The van der Waals surface area contributed by atoms with Crippen LogP contribution in [-0.4, -0.2) is 42.3 Å². The molecular weight excluding hydrogens is 474 g/mol. The quantitative estimate of drug-likeness (QED) is 0.425. The maximum absolute atomic E-state index is 12.9. The molecule has 0 aliphatic carbocycles. The van der Waals surface area contributed by atoms with Gasteiger partial charge in [-0.25, -0.2) is 13.2 Å². The molecule has 0 aromatic heterocycles. The van der Waals surface area contributed by atoms with E-state index in [0.29, 0.717) is 11.4 Å². The van der Waals surface area contributed by atoms with Crippen molar-refractivity contribution in [3.63, 3.8) is 0 Å². The van der Waals surface area contributed by atoms with Crippen molar-refractivity contribution >= 4 is 44.7 Å². The summed E-state index contributed by atoms with van der Waals surface area (Å²) in [6.07, 6.45) is 0. The third-order valence-electron chi connectivity index (χ3n) is 5.04. The number of hydrazone groups is 1. The Balaban J connectivity index is 1.59. The van der Waals surface area contributed by atoms with Gasteiger partial charge in [0.05, 0.1) is 27.5 Å². The lowest BCUT2D eigenvalue weighted by molar-refractivity contribution is -0.117. The Hall–Kier alpha value is -4.58. The molecule has 1 aliphatic heterocycles. The Kier molecular flexibility index (Phi) is 6.30. The fraction of sp³-hybridized carbons (Fsp3) is 0.0870. The molecule has 0 saturated carbocycles. The van der Waals surface area contributed by atoms with E-state index in [1.165, 1.54) is 29.3 Å². The number of phenolic OH excluding ortho intramolecular Hbond substituents is 1. The number of aromatic carboxylic acids is 1. The van der Waals surface area contributed by atoms with Gasteiger partial charge in [0.15, 0.2) is 6.04 Å². The number of benzene rings is 3. The number of carboxylic acid groups (broad SMARTS) is 1. The molecule has 4 rings (SSSR count). The summed E-state index contributed by atoms with van der Waals surface area (Å²) in [6.45, 7) is 1.61. The lowest BCUT2D eigenvalue weighted by atomic mass is 10.2. The van der Waals surface area contributed by atoms with E-state index >= 15 is 0 Å². The van der Waals surface area contributed by atoms with Gasteiger partial charge in [0.1, 0.15) is 11.4 Å². The zero-order valence-electron chi connectivity index (χ0n) is 18.2. The molecule has 0 saturated heterocycles. The summed E-state index contributed by atoms with van der Waals surface area (Å²) in [5.41, 5.74) is 0.377. The molecule has 178 valence electrons. The van der Waals surface area contributed by atoms with E-state index in [1.54, 1.807) is 37.3 Å². The maximum Gasteiger partial charge on any atom is 0.337 e. The lowest BCUT2D eigenvalue weighted by Crippen LogP contribution is -2.29. The second-order valence-corrected chi connectivity index (χ2v) is 9.13. The van der Waals surface area contributed by atoms with Gasteiger partial charge in [-0.05, 0) is 49.4 Å². The van der Waals surface area contributed by atoms with E-state index in [0.717, 1.165) is 18.2 Å². The zero-order chi connectivity index (χ0) is 25.2. The predicted molar refractivity (Wildman–Crippen MR) is 128 cm³/mol. The highest BCUT2D eigenvalue weighted by atomic mass is 32.2. The van der Waals surface area contributed by atoms with Gasteiger partial charge in [0.2, 0.25) is 0 Å². The number of nitrogens with one attached hydrogen (secondary N) is 1. The number of sulfonamides is 1. The molecule has 1 atom stereocenters. The number of amides is 1. The fourth-order valence-corrected chi connectivity index (χ4v) is 4.38. The number of hydrogen-bond acceptors (Lipinski definition) is 8. The van der Waals surface area contributed by atoms with E-state index in [2.05, 4.69) is 20.1 Å². The molecule has 1 unspecified atom stereocenters. The van der Waals surface area contributed by atoms with Crippen molar-refractivity contribution in [1.29, 1.82) is 0 Å². The first-order valence-corrected chi connectivity index (χ1v) is 11.7. The van der Waals surface area contributed by atoms with Crippen molar-refractivity contribution in [2.45, 2.75) is 17.9 Å². The van der Waals surface area contributed by atoms with E-state index in [1.807, 2.05) is 0 Å². The maximum atomic E-state index is 12.9. The first-order chi connectivity index (χ1) is 16.7. The number of carbonyl (C=O) groups excluding carboxylic acids is 1. The summed E-state index contributed by atoms with van der Waals surface area (Å²) in [6, 6.07) is 16.5. The molecule has 0 radical (unpaired) electrons. The molecule has 11 nitrogen and oxygen atoms in total. The molecule has 3 N–H and O–H groups in total. The van der Waals surface area contributed by atoms with E-state index < -0.39 is 27.9 Å². The van der Waals surface area contributed by atoms with Gasteiger partial charge in [0, 0.05) is 0 Å². The summed E-state index contributed by atoms with van der Waals surface area (Å²) in [5.74, 6) is -2.11. The molecule has 1 amide bonds. The van der Waals surface area contributed by atoms with Crippen LogP contribution in [0, 0.1) is 0 Å². The number of azo groups is 1. The smallest absolute Gasteiger partial charge is 0.337 e. The number of carbonyl (C=O) groups is 2. The molecule has 0 bridgehead atoms. The van der Waals surface area contributed by atoms with E-state index in [-0.39, 0.29) is 27.6 Å². The van der Waals surface area contributed by atoms with Crippen molar-refractivity contribution in [2.24, 2.45) is 15.3 Å². The van der Waals surface area contributed by atoms with Crippen LogP contribution in [0.15, 0.2) is 93.0 Å². The van der Waals surface area contributed by atoms with Crippen molar-refractivity contribution in [3.05, 3.63) is 78.4 Å². The standard InChI is InChI=1S/C23H19N5O6S/c1-14-21(22(30)28(26-14)15-7-3-2-4-8-15)25-24-19-13-16(11-12-20(19)29)35(33,34)27-18-10-6-5-9-17(18)23(31)32/h2-13,21,27,29H,1H3,(H,31,32). The summed E-state index contributed by atoms with van der Waals surface area (Å²) >= 11 is 0. The molecule has 1 heterocycles. The summed E-state index contributed by atoms with van der Waals surface area (Å²) in [7, 11) is -4.24. The lowest BCUT2D eigenvalue weighted by Gasteiger charge is -2.12. The molecule has 3 aromatic rings. The normalized spacial score (nSPS) is 15.9. The Morgan fingerprint density at radius 3 is 2.46 bits per heavy atom. The second kappa shape index (κ2) is 9.35. The monoisotopic (exact) mass is 493 g/mol. The highest BCUT2D eigenvalue weighted by Gasteiger charge is 2.34. The predicted octanol–water partition coefficient (Wildman–Crippen LogP) is 3.77. The van der Waals surface area contributed by atoms with Gasteiger partial charge < -0.3 is 10.2 Å². The van der Waals surface area contributed by atoms with Gasteiger partial charge in [0.25, 0.3) is 15.9 Å². The van der Waals surface area contributed by atoms with Gasteiger partial charge in [-0.1, -0.05) is 30.3 Å². The van der Waals surface area contributed by atoms with Crippen LogP contribution in [0.3, 0.4) is 0 Å². The Labute approximate surface area is 200 Å². The highest BCUT2D eigenvalue weighted by Crippen LogP contribution is 2.32. The molecule has 3 aromatic carbocycles. The minimum Gasteiger partial charge on any atom is -0.506 e. The van der Waals surface area contributed by atoms with Crippen LogP contribution in [0.5, 0.6) is 5.75 Å². The Morgan fingerprint density at radius 1 is 1.06 bits per heavy atom. The minimum absolute atomic E-state index is 0.124. The molecule has 12 heteroatoms. The average Bonchev–Trinajstić information content (AvgIpc) is 3.12. The van der Waals surface area contributed by atoms with Crippen LogP contribution in [0.25, 0.3) is 0 Å². The Morgan fingerprint density at radius 2 is 1.74 bits per heavy atom. The minimum atomic E-state index is -4.24. The number of para-hydroxylation sites is 2. The number of rotatable bonds is 7. The van der Waals surface area contributed by atoms with Gasteiger partial charge in [-0.15, -0.1) is 0 Å². The molecule has 35 heavy (non-hydrogen) atoms. The number of carboxylic acids is 1. The van der Waals surface area contributed by atoms with Crippen molar-refractivity contribution in [2.75, 3.05) is 9.73 Å². The highest BCUT2D eigenvalue weighted by molar-refractivity contribution is 7.92. The summed E-state index contributed by atoms with van der Waals surface area (Å²) in [4.78, 5) is 23.9. The summed E-state index contributed by atoms with van der Waals surface area (Å²) in [5, 5.41) is 32.8. The number of phenols is 1. The second-order valence-electron chi connectivity index (χ2n) is 7.45. The van der Waals surface area contributed by atoms with Gasteiger partial charge in [-0.3, -0.25) is 9.52 Å². The first-order valence-electron chi connectivity index (χ1n) is 10.2. The van der Waals surface area contributed by atoms with Crippen molar-refractivity contribution < 1.29 is 28.2 Å². The zero-order valence-corrected chi connectivity index (χ0v) is 19.0. The molecule has 0 spiro atoms. The van der Waals surface area contributed by atoms with Crippen LogP contribution in [0.4, 0.5) is 17.1 Å². The van der Waals surface area contributed by atoms with Crippen LogP contribution >= 0.6 is 0 Å². The first kappa shape index (κ1) is 23.6. The van der Waals surface area contributed by atoms with Crippen LogP contribution < -0.4 is 9.73 Å². The van der Waals surface area contributed by atoms with Crippen LogP contribution in [-0.2, 0) is 14.8 Å². The van der Waals surface area contributed by atoms with Crippen molar-refractivity contribution in [3.8, 4) is 5.75 Å². The van der Waals surface area contributed by atoms with Crippen molar-refractivity contribution in [1.82, 2.24) is 0 Å². The number of nitrogens with zero attached hydrogens (tertiary/aromatic N) is 4. The van der Waals surface area contributed by atoms with E-state index in [4.69, 9.17) is 0 Å². The van der Waals surface area contributed by atoms with Crippen LogP contribution in [0.2, 0.25) is 0 Å². The fourth-order valence-electron chi connectivity index (χ4n) is 3.28. The SMILES string of the molecule is CC1=NN(c2ccccc2)C(=O)C1N=Nc1cc(S(=O)(=O)Nc2ccccc2C(=O)O)ccc1O. The van der Waals surface area contributed by atoms with Crippen LogP contribution in [0.1, 0.15) is 17.3 Å². The largest absolute Gasteiger partial charge is 0.506 e. The summed E-state index contributed by atoms with van der Waals surface area (Å²) < 4.78 is 28.0. The number of hydrogen-bond donors (Lipinski definition) is 3.